The highest BCUT2D eigenvalue weighted by Gasteiger charge is 1.86. The first kappa shape index (κ1) is 10.8. The molecule has 0 saturated carbocycles. The highest BCUT2D eigenvalue weighted by molar-refractivity contribution is 9.10. The van der Waals surface area contributed by atoms with E-state index < -0.39 is 4.92 Å². The molecule has 0 aliphatic rings. The van der Waals surface area contributed by atoms with E-state index in [4.69, 9.17) is 10.1 Å². The second kappa shape index (κ2) is 5.48. The van der Waals surface area contributed by atoms with Crippen LogP contribution >= 0.6 is 15.9 Å². The van der Waals surface area contributed by atoms with Crippen molar-refractivity contribution in [2.75, 3.05) is 7.05 Å². The van der Waals surface area contributed by atoms with Gasteiger partial charge < -0.3 is 4.98 Å². The minimum atomic E-state index is -0.500. The Bertz CT molecular complexity index is 306. The Morgan fingerprint density at radius 1 is 1.67 bits per heavy atom. The molecule has 0 aliphatic heterocycles. The van der Waals surface area contributed by atoms with E-state index in [0.717, 1.165) is 7.05 Å². The molecule has 6 heteroatoms. The third-order valence-electron chi connectivity index (χ3n) is 0.770. The van der Waals surface area contributed by atoms with Gasteiger partial charge in [0.1, 0.15) is 0 Å². The molecule has 0 radical (unpaired) electrons. The highest BCUT2D eigenvalue weighted by atomic mass is 79.9. The van der Waals surface area contributed by atoms with Crippen molar-refractivity contribution in [1.29, 1.82) is 0 Å². The Kier molecular flexibility index (Phi) is 4.94. The summed E-state index contributed by atoms with van der Waals surface area (Å²) < 4.78 is 0.569. The third kappa shape index (κ3) is 5.60. The minimum Gasteiger partial charge on any atom is -0.328 e. The fraction of sp³-hybridized carbons (Fsp3) is 0.167. The van der Waals surface area contributed by atoms with E-state index in [1.165, 1.54) is 0 Å². The molecule has 1 rings (SSSR count). The van der Waals surface area contributed by atoms with Crippen LogP contribution in [0.15, 0.2) is 27.6 Å². The van der Waals surface area contributed by atoms with Crippen LogP contribution in [0, 0.1) is 10.1 Å². The molecule has 12 heavy (non-hydrogen) atoms. The first-order chi connectivity index (χ1) is 5.54. The van der Waals surface area contributed by atoms with Crippen molar-refractivity contribution in [3.05, 3.63) is 43.3 Å². The zero-order valence-corrected chi connectivity index (χ0v) is 7.87. The summed E-state index contributed by atoms with van der Waals surface area (Å²) in [6, 6.07) is 3.45. The van der Waals surface area contributed by atoms with Gasteiger partial charge in [0.2, 0.25) is 0 Å². The number of nitrogens with one attached hydrogen (secondary N) is 1. The number of nitro groups is 1. The molecule has 0 bridgehead atoms. The second-order valence-electron chi connectivity index (χ2n) is 1.79. The summed E-state index contributed by atoms with van der Waals surface area (Å²) in [6.07, 6.45) is 1.59. The van der Waals surface area contributed by atoms with Gasteiger partial charge in [0, 0.05) is 11.1 Å². The maximum atomic E-state index is 10.5. The lowest BCUT2D eigenvalue weighted by atomic mass is 10.5. The molecular formula is C6H7BrN2O3. The first-order valence-electron chi connectivity index (χ1n) is 2.95. The molecule has 1 aromatic heterocycles. The minimum absolute atomic E-state index is 0.0903. The summed E-state index contributed by atoms with van der Waals surface area (Å²) in [5.74, 6) is 0. The van der Waals surface area contributed by atoms with E-state index in [0.29, 0.717) is 4.47 Å². The molecule has 0 amide bonds. The van der Waals surface area contributed by atoms with Gasteiger partial charge in [-0.05, 0) is 28.1 Å². The van der Waals surface area contributed by atoms with Crippen LogP contribution in [0.1, 0.15) is 0 Å². The van der Waals surface area contributed by atoms with Crippen molar-refractivity contribution < 1.29 is 4.92 Å². The Labute approximate surface area is 76.7 Å². The van der Waals surface area contributed by atoms with Gasteiger partial charge in [-0.25, -0.2) is 0 Å². The normalized spacial score (nSPS) is 8.17. The SMILES string of the molecule is C[N+](=O)[O-].O=c1[nH]cccc1Br. The molecule has 1 aromatic rings. The molecule has 0 fully saturated rings. The number of H-pyrrole nitrogens is 1. The van der Waals surface area contributed by atoms with Gasteiger partial charge >= 0.3 is 0 Å². The summed E-state index contributed by atoms with van der Waals surface area (Å²) in [4.78, 5) is 21.3. The smallest absolute Gasteiger partial charge is 0.262 e. The van der Waals surface area contributed by atoms with Gasteiger partial charge in [-0.2, -0.15) is 0 Å². The molecule has 0 aromatic carbocycles. The number of rotatable bonds is 0. The molecular weight excluding hydrogens is 228 g/mol. The predicted octanol–water partition coefficient (Wildman–Crippen LogP) is 1.03. The Balaban J connectivity index is 0.000000261. The summed E-state index contributed by atoms with van der Waals surface area (Å²) in [7, 11) is 0.889. The van der Waals surface area contributed by atoms with Crippen LogP contribution in [0.25, 0.3) is 0 Å². The van der Waals surface area contributed by atoms with E-state index in [-0.39, 0.29) is 5.56 Å². The average molecular weight is 235 g/mol. The van der Waals surface area contributed by atoms with Crippen LogP contribution in [-0.4, -0.2) is 17.0 Å². The monoisotopic (exact) mass is 234 g/mol. The zero-order valence-electron chi connectivity index (χ0n) is 6.28. The quantitative estimate of drug-likeness (QED) is 0.538. The Morgan fingerprint density at radius 2 is 2.17 bits per heavy atom. The van der Waals surface area contributed by atoms with Gasteiger partial charge in [-0.1, -0.05) is 0 Å². The fourth-order valence-electron chi connectivity index (χ4n) is 0.401. The van der Waals surface area contributed by atoms with Crippen LogP contribution in [-0.2, 0) is 0 Å². The zero-order chi connectivity index (χ0) is 9.56. The lowest BCUT2D eigenvalue weighted by molar-refractivity contribution is -0.445. The van der Waals surface area contributed by atoms with Gasteiger partial charge in [0.25, 0.3) is 5.56 Å². The number of nitrogens with zero attached hydrogens (tertiary/aromatic N) is 1. The molecule has 0 saturated heterocycles. The van der Waals surface area contributed by atoms with E-state index in [9.17, 15) is 4.79 Å². The number of halogens is 1. The highest BCUT2D eigenvalue weighted by Crippen LogP contribution is 1.96. The Morgan fingerprint density at radius 3 is 2.42 bits per heavy atom. The molecule has 0 aliphatic carbocycles. The standard InChI is InChI=1S/C5H4BrNO.CH3NO2/c6-4-2-1-3-7-5(4)8;1-2(3)4/h1-3H,(H,7,8);1H3. The molecule has 66 valence electrons. The summed E-state index contributed by atoms with van der Waals surface area (Å²) in [6.45, 7) is 0. The van der Waals surface area contributed by atoms with Crippen LogP contribution in [0.2, 0.25) is 0 Å². The van der Waals surface area contributed by atoms with Crippen LogP contribution in [0.3, 0.4) is 0 Å². The number of pyridine rings is 1. The maximum absolute atomic E-state index is 10.5. The molecule has 1 heterocycles. The Hall–Kier alpha value is -1.17. The van der Waals surface area contributed by atoms with E-state index in [1.807, 2.05) is 0 Å². The maximum Gasteiger partial charge on any atom is 0.262 e. The largest absolute Gasteiger partial charge is 0.328 e. The van der Waals surface area contributed by atoms with Crippen molar-refractivity contribution in [3.8, 4) is 0 Å². The van der Waals surface area contributed by atoms with Gasteiger partial charge in [0.15, 0.2) is 7.05 Å². The number of hydrogen-bond acceptors (Lipinski definition) is 3. The van der Waals surface area contributed by atoms with Crippen LogP contribution < -0.4 is 5.56 Å². The van der Waals surface area contributed by atoms with Crippen molar-refractivity contribution >= 4 is 15.9 Å². The second-order valence-corrected chi connectivity index (χ2v) is 2.64. The number of aromatic amines is 1. The summed E-state index contributed by atoms with van der Waals surface area (Å²) in [5, 5.41) is 8.81. The van der Waals surface area contributed by atoms with Gasteiger partial charge in [-0.3, -0.25) is 14.9 Å². The van der Waals surface area contributed by atoms with Crippen molar-refractivity contribution in [2.24, 2.45) is 0 Å². The molecule has 0 atom stereocenters. The van der Waals surface area contributed by atoms with E-state index >= 15 is 0 Å². The van der Waals surface area contributed by atoms with Crippen molar-refractivity contribution in [3.63, 3.8) is 0 Å². The van der Waals surface area contributed by atoms with E-state index in [1.54, 1.807) is 18.3 Å². The fourth-order valence-corrected chi connectivity index (χ4v) is 0.668. The van der Waals surface area contributed by atoms with Crippen LogP contribution in [0.5, 0.6) is 0 Å². The molecule has 1 N–H and O–H groups in total. The van der Waals surface area contributed by atoms with E-state index in [2.05, 4.69) is 20.9 Å². The lowest BCUT2D eigenvalue weighted by Crippen LogP contribution is -2.02. The lowest BCUT2D eigenvalue weighted by Gasteiger charge is -1.81. The molecule has 0 unspecified atom stereocenters. The number of hydrogen-bond donors (Lipinski definition) is 1. The average Bonchev–Trinajstić information content (AvgIpc) is 1.94. The summed E-state index contributed by atoms with van der Waals surface area (Å²) in [5.41, 5.74) is -0.0903. The molecule has 5 nitrogen and oxygen atoms in total. The first-order valence-corrected chi connectivity index (χ1v) is 3.74. The summed E-state index contributed by atoms with van der Waals surface area (Å²) >= 11 is 3.05. The van der Waals surface area contributed by atoms with Gasteiger partial charge in [0.05, 0.1) is 4.47 Å². The van der Waals surface area contributed by atoms with Crippen molar-refractivity contribution in [2.45, 2.75) is 0 Å². The number of aromatic nitrogens is 1. The predicted molar refractivity (Wildman–Crippen MR) is 47.7 cm³/mol. The third-order valence-corrected chi connectivity index (χ3v) is 1.39. The molecule has 0 spiro atoms. The van der Waals surface area contributed by atoms with Crippen molar-refractivity contribution in [1.82, 2.24) is 4.98 Å². The topological polar surface area (TPSA) is 76.0 Å². The van der Waals surface area contributed by atoms with Crippen LogP contribution in [0.4, 0.5) is 0 Å². The van der Waals surface area contributed by atoms with Gasteiger partial charge in [-0.15, -0.1) is 0 Å².